The van der Waals surface area contributed by atoms with Gasteiger partial charge >= 0.3 is 13.5 Å². The fraction of sp³-hybridized carbons (Fsp3) is 0.600. The third-order valence-electron chi connectivity index (χ3n) is 3.30. The predicted octanol–water partition coefficient (Wildman–Crippen LogP) is -1.15. The van der Waals surface area contributed by atoms with Gasteiger partial charge in [-0.15, -0.1) is 11.6 Å². The first kappa shape index (κ1) is 18.3. The van der Waals surface area contributed by atoms with Gasteiger partial charge in [0.05, 0.1) is 12.5 Å². The third-order valence-corrected chi connectivity index (χ3v) is 4.21. The molecule has 0 spiro atoms. The van der Waals surface area contributed by atoms with Crippen LogP contribution in [0.3, 0.4) is 0 Å². The predicted molar refractivity (Wildman–Crippen MR) is 73.8 cm³/mol. The molecule has 1 aromatic rings. The first-order chi connectivity index (χ1) is 10.6. The van der Waals surface area contributed by atoms with Crippen molar-refractivity contribution in [2.75, 3.05) is 12.5 Å². The Morgan fingerprint density at radius 1 is 1.52 bits per heavy atom. The van der Waals surface area contributed by atoms with Gasteiger partial charge in [-0.2, -0.15) is 0 Å². The number of aromatic nitrogens is 2. The minimum Gasteiger partial charge on any atom is -0.387 e. The Hall–Kier alpha value is -1.07. The van der Waals surface area contributed by atoms with Crippen LogP contribution >= 0.6 is 19.4 Å². The normalized spacial score (nSPS) is 31.4. The number of alkyl halides is 2. The highest BCUT2D eigenvalue weighted by Gasteiger charge is 2.56. The van der Waals surface area contributed by atoms with E-state index in [4.69, 9.17) is 26.1 Å². The van der Waals surface area contributed by atoms with Crippen LogP contribution in [0.4, 0.5) is 4.39 Å². The van der Waals surface area contributed by atoms with Crippen LogP contribution in [0, 0.1) is 0 Å². The molecule has 1 aliphatic rings. The molecule has 130 valence electrons. The van der Waals surface area contributed by atoms with Gasteiger partial charge in [0.15, 0.2) is 12.4 Å². The van der Waals surface area contributed by atoms with Crippen molar-refractivity contribution in [3.63, 3.8) is 0 Å². The molecule has 0 aromatic carbocycles. The highest BCUT2D eigenvalue weighted by atomic mass is 35.5. The summed E-state index contributed by atoms with van der Waals surface area (Å²) in [6.45, 7) is -0.906. The lowest BCUT2D eigenvalue weighted by atomic mass is 9.99. The molecule has 0 amide bonds. The molecule has 0 saturated carbocycles. The number of aliphatic hydroxyl groups excluding tert-OH is 1. The van der Waals surface area contributed by atoms with Gasteiger partial charge in [0.1, 0.15) is 11.7 Å². The summed E-state index contributed by atoms with van der Waals surface area (Å²) in [5.74, 6) is -0.566. The number of phosphoric ester groups is 1. The van der Waals surface area contributed by atoms with Crippen molar-refractivity contribution in [1.29, 1.82) is 0 Å². The largest absolute Gasteiger partial charge is 0.469 e. The van der Waals surface area contributed by atoms with Crippen LogP contribution in [0.15, 0.2) is 21.9 Å². The molecule has 4 atom stereocenters. The Bertz CT molecular complexity index is 734. The van der Waals surface area contributed by atoms with Gasteiger partial charge in [-0.25, -0.2) is 13.8 Å². The number of aliphatic hydroxyl groups is 1. The Balaban J connectivity index is 2.33. The van der Waals surface area contributed by atoms with Crippen LogP contribution in [0.25, 0.3) is 0 Å². The average molecular weight is 375 g/mol. The quantitative estimate of drug-likeness (QED) is 0.372. The number of halogens is 2. The molecule has 0 bridgehead atoms. The van der Waals surface area contributed by atoms with Crippen molar-refractivity contribution in [2.24, 2.45) is 0 Å². The molecule has 23 heavy (non-hydrogen) atoms. The number of hydrogen-bond donors (Lipinski definition) is 4. The maximum absolute atomic E-state index is 14.3. The SMILES string of the molecule is O=c1ccn([C@@H]2O[C@](CCl)(COP(=O)(O)O)[C@@H](O)[C@H]2F)c(=O)[nH]1. The Labute approximate surface area is 132 Å². The lowest BCUT2D eigenvalue weighted by Crippen LogP contribution is -2.47. The highest BCUT2D eigenvalue weighted by molar-refractivity contribution is 7.46. The Morgan fingerprint density at radius 2 is 2.17 bits per heavy atom. The highest BCUT2D eigenvalue weighted by Crippen LogP contribution is 2.43. The van der Waals surface area contributed by atoms with E-state index in [-0.39, 0.29) is 0 Å². The number of ether oxygens (including phenoxy) is 1. The van der Waals surface area contributed by atoms with Gasteiger partial charge in [0.25, 0.3) is 5.56 Å². The maximum Gasteiger partial charge on any atom is 0.469 e. The summed E-state index contributed by atoms with van der Waals surface area (Å²) < 4.78 is 35.3. The van der Waals surface area contributed by atoms with Crippen molar-refractivity contribution in [3.8, 4) is 0 Å². The second-order valence-electron chi connectivity index (χ2n) is 4.88. The van der Waals surface area contributed by atoms with E-state index in [1.807, 2.05) is 4.98 Å². The van der Waals surface area contributed by atoms with Gasteiger partial charge in [0.2, 0.25) is 0 Å². The fourth-order valence-corrected chi connectivity index (χ4v) is 2.81. The van der Waals surface area contributed by atoms with Gasteiger partial charge in [-0.05, 0) is 0 Å². The van der Waals surface area contributed by atoms with E-state index in [0.29, 0.717) is 4.57 Å². The minimum absolute atomic E-state index is 0.566. The summed E-state index contributed by atoms with van der Waals surface area (Å²) >= 11 is 5.64. The molecule has 1 aliphatic heterocycles. The van der Waals surface area contributed by atoms with Crippen LogP contribution in [0.2, 0.25) is 0 Å². The number of nitrogens with one attached hydrogen (secondary N) is 1. The molecule has 0 radical (unpaired) electrons. The second kappa shape index (κ2) is 6.44. The molecule has 1 aromatic heterocycles. The van der Waals surface area contributed by atoms with E-state index in [9.17, 15) is 23.7 Å². The summed E-state index contributed by atoms with van der Waals surface area (Å²) in [5.41, 5.74) is -3.69. The molecular weight excluding hydrogens is 362 g/mol. The number of rotatable bonds is 5. The van der Waals surface area contributed by atoms with Crippen LogP contribution in [0.1, 0.15) is 6.23 Å². The van der Waals surface area contributed by atoms with Gasteiger partial charge < -0.3 is 19.6 Å². The summed E-state index contributed by atoms with van der Waals surface area (Å²) in [6.07, 6.45) is -4.78. The third kappa shape index (κ3) is 3.72. The molecule has 2 rings (SSSR count). The number of nitrogens with zero attached hydrogens (tertiary/aromatic N) is 1. The molecule has 10 nitrogen and oxygen atoms in total. The molecule has 0 unspecified atom stereocenters. The van der Waals surface area contributed by atoms with E-state index in [2.05, 4.69) is 4.52 Å². The van der Waals surface area contributed by atoms with Crippen molar-refractivity contribution in [2.45, 2.75) is 24.1 Å². The number of phosphoric acid groups is 1. The second-order valence-corrected chi connectivity index (χ2v) is 6.38. The van der Waals surface area contributed by atoms with E-state index < -0.39 is 55.7 Å². The molecule has 1 fully saturated rings. The molecule has 4 N–H and O–H groups in total. The topological polar surface area (TPSA) is 151 Å². The monoisotopic (exact) mass is 374 g/mol. The lowest BCUT2D eigenvalue weighted by Gasteiger charge is -2.29. The zero-order chi connectivity index (χ0) is 17.4. The first-order valence-electron chi connectivity index (χ1n) is 6.17. The molecule has 1 saturated heterocycles. The van der Waals surface area contributed by atoms with Gasteiger partial charge in [0, 0.05) is 12.3 Å². The van der Waals surface area contributed by atoms with Crippen LogP contribution in [-0.4, -0.2) is 54.8 Å². The summed E-state index contributed by atoms with van der Waals surface area (Å²) in [6, 6.07) is 0.941. The van der Waals surface area contributed by atoms with Crippen molar-refractivity contribution < 1.29 is 33.1 Å². The van der Waals surface area contributed by atoms with E-state index in [0.717, 1.165) is 12.3 Å². The van der Waals surface area contributed by atoms with E-state index in [1.165, 1.54) is 0 Å². The van der Waals surface area contributed by atoms with Crippen LogP contribution < -0.4 is 11.2 Å². The maximum atomic E-state index is 14.3. The molecule has 13 heteroatoms. The zero-order valence-electron chi connectivity index (χ0n) is 11.3. The fourth-order valence-electron chi connectivity index (χ4n) is 2.12. The van der Waals surface area contributed by atoms with Gasteiger partial charge in [-0.3, -0.25) is 18.9 Å². The van der Waals surface area contributed by atoms with E-state index in [1.54, 1.807) is 0 Å². The summed E-state index contributed by atoms with van der Waals surface area (Å²) in [5, 5.41) is 9.98. The molecule has 0 aliphatic carbocycles. The summed E-state index contributed by atoms with van der Waals surface area (Å²) in [7, 11) is -4.92. The number of hydrogen-bond acceptors (Lipinski definition) is 6. The Morgan fingerprint density at radius 3 is 2.70 bits per heavy atom. The molecule has 2 heterocycles. The first-order valence-corrected chi connectivity index (χ1v) is 8.23. The van der Waals surface area contributed by atoms with Crippen molar-refractivity contribution in [3.05, 3.63) is 33.1 Å². The van der Waals surface area contributed by atoms with Crippen LogP contribution in [0.5, 0.6) is 0 Å². The standard InChI is InChI=1S/C10H13ClFN2O8P/c11-3-10(4-21-23(18,19)20)7(16)6(12)8(22-10)14-2-1-5(15)13-9(14)17/h1-2,6-8,16H,3-4H2,(H,13,15,17)(H2,18,19,20)/t6-,7+,8-,10-/m1/s1. The zero-order valence-corrected chi connectivity index (χ0v) is 13.0. The van der Waals surface area contributed by atoms with Crippen molar-refractivity contribution >= 4 is 19.4 Å². The van der Waals surface area contributed by atoms with Crippen LogP contribution in [-0.2, 0) is 13.8 Å². The lowest BCUT2D eigenvalue weighted by molar-refractivity contribution is -0.113. The van der Waals surface area contributed by atoms with E-state index >= 15 is 0 Å². The van der Waals surface area contributed by atoms with Gasteiger partial charge in [-0.1, -0.05) is 0 Å². The average Bonchev–Trinajstić information content (AvgIpc) is 2.70. The Kier molecular flexibility index (Phi) is 5.12. The summed E-state index contributed by atoms with van der Waals surface area (Å²) in [4.78, 5) is 42.0. The number of H-pyrrole nitrogens is 1. The molecular formula is C10H13ClFN2O8P. The minimum atomic E-state index is -4.92. The van der Waals surface area contributed by atoms with Crippen molar-refractivity contribution in [1.82, 2.24) is 9.55 Å². The smallest absolute Gasteiger partial charge is 0.387 e. The number of aromatic amines is 1.